The van der Waals surface area contributed by atoms with Gasteiger partial charge >= 0.3 is 0 Å². The number of anilines is 1. The van der Waals surface area contributed by atoms with Crippen LogP contribution in [0.15, 0.2) is 18.2 Å². The average Bonchev–Trinajstić information content (AvgIpc) is 2.51. The molecule has 1 fully saturated rings. The topological polar surface area (TPSA) is 50.4 Å². The molecule has 0 aliphatic carbocycles. The number of ether oxygens (including phenoxy) is 1. The average molecular weight is 339 g/mol. The number of para-hydroxylation sites is 1. The number of amides is 1. The van der Waals surface area contributed by atoms with Crippen LogP contribution in [-0.2, 0) is 4.79 Å². The summed E-state index contributed by atoms with van der Waals surface area (Å²) in [6, 6.07) is 5.42. The number of carbonyl (C=O) groups excluding carboxylic acids is 1. The van der Waals surface area contributed by atoms with Gasteiger partial charge in [0.15, 0.2) is 5.75 Å². The van der Waals surface area contributed by atoms with Crippen molar-refractivity contribution in [1.82, 2.24) is 5.32 Å². The maximum absolute atomic E-state index is 12.4. The van der Waals surface area contributed by atoms with Crippen LogP contribution in [0.5, 0.6) is 5.75 Å². The van der Waals surface area contributed by atoms with Crippen LogP contribution >= 0.6 is 11.6 Å². The van der Waals surface area contributed by atoms with Gasteiger partial charge in [0.2, 0.25) is 5.91 Å². The van der Waals surface area contributed by atoms with Crippen molar-refractivity contribution in [3.05, 3.63) is 23.2 Å². The predicted molar refractivity (Wildman–Crippen MR) is 95.2 cm³/mol. The lowest BCUT2D eigenvalue weighted by atomic mass is 9.84. The van der Waals surface area contributed by atoms with E-state index in [0.717, 1.165) is 25.9 Å². The second-order valence-corrected chi connectivity index (χ2v) is 7.01. The first-order valence-electron chi connectivity index (χ1n) is 8.43. The molecule has 0 bridgehead atoms. The van der Waals surface area contributed by atoms with E-state index in [9.17, 15) is 4.79 Å². The fourth-order valence-corrected chi connectivity index (χ4v) is 3.26. The maximum Gasteiger partial charge on any atom is 0.224 e. The van der Waals surface area contributed by atoms with Crippen LogP contribution in [0.1, 0.15) is 40.0 Å². The highest BCUT2D eigenvalue weighted by Gasteiger charge is 2.22. The van der Waals surface area contributed by atoms with E-state index in [1.54, 1.807) is 6.07 Å². The van der Waals surface area contributed by atoms with E-state index in [4.69, 9.17) is 16.3 Å². The molecule has 1 heterocycles. The van der Waals surface area contributed by atoms with E-state index < -0.39 is 0 Å². The summed E-state index contributed by atoms with van der Waals surface area (Å²) in [7, 11) is 0. The standard InChI is InChI=1S/C18H27ClN2O2/c1-12(2)23-18-15(19)5-4-6-16(18)21-17(22)11-13(3)14-7-9-20-10-8-14/h4-6,12-14,20H,7-11H2,1-3H3,(H,21,22). The summed E-state index contributed by atoms with van der Waals surface area (Å²) < 4.78 is 5.74. The Morgan fingerprint density at radius 2 is 2.04 bits per heavy atom. The van der Waals surface area contributed by atoms with E-state index in [1.807, 2.05) is 26.0 Å². The molecule has 1 amide bonds. The van der Waals surface area contributed by atoms with Gasteiger partial charge in [0.1, 0.15) is 0 Å². The van der Waals surface area contributed by atoms with Gasteiger partial charge in [-0.25, -0.2) is 0 Å². The first-order valence-corrected chi connectivity index (χ1v) is 8.81. The zero-order valence-corrected chi connectivity index (χ0v) is 15.0. The van der Waals surface area contributed by atoms with Gasteiger partial charge in [-0.15, -0.1) is 0 Å². The number of rotatable bonds is 6. The highest BCUT2D eigenvalue weighted by atomic mass is 35.5. The molecule has 2 rings (SSSR count). The second kappa shape index (κ2) is 8.55. The van der Waals surface area contributed by atoms with Gasteiger partial charge in [-0.3, -0.25) is 4.79 Å². The zero-order valence-electron chi connectivity index (χ0n) is 14.2. The van der Waals surface area contributed by atoms with Gasteiger partial charge < -0.3 is 15.4 Å². The molecule has 0 aromatic heterocycles. The van der Waals surface area contributed by atoms with E-state index in [0.29, 0.717) is 34.7 Å². The fourth-order valence-electron chi connectivity index (χ4n) is 3.04. The van der Waals surface area contributed by atoms with Crippen molar-refractivity contribution in [2.45, 2.75) is 46.1 Å². The highest BCUT2D eigenvalue weighted by molar-refractivity contribution is 6.32. The van der Waals surface area contributed by atoms with E-state index in [2.05, 4.69) is 17.6 Å². The Balaban J connectivity index is 1.98. The van der Waals surface area contributed by atoms with Gasteiger partial charge in [0, 0.05) is 6.42 Å². The molecule has 4 nitrogen and oxygen atoms in total. The lowest BCUT2D eigenvalue weighted by Gasteiger charge is -2.28. The molecule has 2 N–H and O–H groups in total. The molecule has 0 spiro atoms. The van der Waals surface area contributed by atoms with Crippen LogP contribution in [0.3, 0.4) is 0 Å². The normalized spacial score (nSPS) is 17.1. The van der Waals surface area contributed by atoms with E-state index >= 15 is 0 Å². The van der Waals surface area contributed by atoms with Crippen molar-refractivity contribution in [2.75, 3.05) is 18.4 Å². The van der Waals surface area contributed by atoms with Gasteiger partial charge in [0.25, 0.3) is 0 Å². The summed E-state index contributed by atoms with van der Waals surface area (Å²) in [6.07, 6.45) is 2.82. The SMILES string of the molecule is CC(C)Oc1c(Cl)cccc1NC(=O)CC(C)C1CCNCC1. The van der Waals surface area contributed by atoms with Crippen molar-refractivity contribution in [2.24, 2.45) is 11.8 Å². The number of benzene rings is 1. The van der Waals surface area contributed by atoms with Crippen LogP contribution in [-0.4, -0.2) is 25.1 Å². The first kappa shape index (κ1) is 18.1. The van der Waals surface area contributed by atoms with Gasteiger partial charge in [-0.2, -0.15) is 0 Å². The number of piperidine rings is 1. The third kappa shape index (κ3) is 5.40. The first-order chi connectivity index (χ1) is 11.0. The summed E-state index contributed by atoms with van der Waals surface area (Å²) >= 11 is 6.20. The minimum Gasteiger partial charge on any atom is -0.487 e. The third-order valence-corrected chi connectivity index (χ3v) is 4.59. The Morgan fingerprint density at radius 3 is 2.70 bits per heavy atom. The number of halogens is 1. The number of hydrogen-bond acceptors (Lipinski definition) is 3. The summed E-state index contributed by atoms with van der Waals surface area (Å²) in [6.45, 7) is 8.15. The quantitative estimate of drug-likeness (QED) is 0.821. The van der Waals surface area contributed by atoms with Crippen LogP contribution in [0.25, 0.3) is 0 Å². The largest absolute Gasteiger partial charge is 0.487 e. The molecule has 0 radical (unpaired) electrons. The maximum atomic E-state index is 12.4. The summed E-state index contributed by atoms with van der Waals surface area (Å²) in [5.74, 6) is 1.57. The van der Waals surface area contributed by atoms with E-state index in [-0.39, 0.29) is 12.0 Å². The summed E-state index contributed by atoms with van der Waals surface area (Å²) in [4.78, 5) is 12.4. The van der Waals surface area contributed by atoms with Crippen LogP contribution < -0.4 is 15.4 Å². The molecule has 23 heavy (non-hydrogen) atoms. The third-order valence-electron chi connectivity index (χ3n) is 4.29. The monoisotopic (exact) mass is 338 g/mol. The van der Waals surface area contributed by atoms with Crippen LogP contribution in [0, 0.1) is 11.8 Å². The van der Waals surface area contributed by atoms with Crippen molar-refractivity contribution >= 4 is 23.2 Å². The molecular formula is C18H27ClN2O2. The zero-order chi connectivity index (χ0) is 16.8. The highest BCUT2D eigenvalue weighted by Crippen LogP contribution is 2.34. The molecule has 5 heteroatoms. The fraction of sp³-hybridized carbons (Fsp3) is 0.611. The Kier molecular flexibility index (Phi) is 6.72. The Morgan fingerprint density at radius 1 is 1.35 bits per heavy atom. The molecule has 1 unspecified atom stereocenters. The second-order valence-electron chi connectivity index (χ2n) is 6.60. The Labute approximate surface area is 143 Å². The molecule has 1 aromatic rings. The van der Waals surface area contributed by atoms with Crippen molar-refractivity contribution in [3.63, 3.8) is 0 Å². The minimum atomic E-state index is -0.000727. The van der Waals surface area contributed by atoms with Gasteiger partial charge in [0.05, 0.1) is 16.8 Å². The van der Waals surface area contributed by atoms with Crippen LogP contribution in [0.2, 0.25) is 5.02 Å². The molecule has 1 aromatic carbocycles. The Hall–Kier alpha value is -1.26. The Bertz CT molecular complexity index is 528. The predicted octanol–water partition coefficient (Wildman–Crippen LogP) is 4.09. The van der Waals surface area contributed by atoms with Gasteiger partial charge in [-0.1, -0.05) is 24.6 Å². The molecule has 128 valence electrons. The number of nitrogens with one attached hydrogen (secondary N) is 2. The summed E-state index contributed by atoms with van der Waals surface area (Å²) in [5.41, 5.74) is 0.647. The number of carbonyl (C=O) groups is 1. The molecule has 1 aliphatic rings. The minimum absolute atomic E-state index is 0.000727. The molecule has 1 saturated heterocycles. The summed E-state index contributed by atoms with van der Waals surface area (Å²) in [5, 5.41) is 6.84. The molecular weight excluding hydrogens is 312 g/mol. The molecule has 1 aliphatic heterocycles. The van der Waals surface area contributed by atoms with Crippen molar-refractivity contribution in [1.29, 1.82) is 0 Å². The molecule has 1 atom stereocenters. The van der Waals surface area contributed by atoms with Crippen molar-refractivity contribution in [3.8, 4) is 5.75 Å². The molecule has 0 saturated carbocycles. The van der Waals surface area contributed by atoms with Gasteiger partial charge in [-0.05, 0) is 63.7 Å². The lowest BCUT2D eigenvalue weighted by Crippen LogP contribution is -2.32. The number of hydrogen-bond donors (Lipinski definition) is 2. The van der Waals surface area contributed by atoms with Crippen molar-refractivity contribution < 1.29 is 9.53 Å². The smallest absolute Gasteiger partial charge is 0.224 e. The van der Waals surface area contributed by atoms with E-state index in [1.165, 1.54) is 0 Å². The lowest BCUT2D eigenvalue weighted by molar-refractivity contribution is -0.117. The van der Waals surface area contributed by atoms with Crippen LogP contribution in [0.4, 0.5) is 5.69 Å².